The number of rotatable bonds is 6. The average molecular weight is 530 g/mol. The number of aromatic carboxylic acids is 1. The monoisotopic (exact) mass is 529 g/mol. The van der Waals surface area contributed by atoms with Crippen LogP contribution in [-0.2, 0) is 16.1 Å². The number of carbonyl (C=O) groups excluding carboxylic acids is 2. The number of carboxylic acid groups (broad SMARTS) is 1. The SMILES string of the molecule is COc1ccc2c(c1)C=C(C(=O)N(C)CC(=O)N(C)C)Cn1c-2c(C2CCCCC2)c2ccc(C(=O)O)cc21. The molecule has 1 aromatic heterocycles. The first-order chi connectivity index (χ1) is 18.7. The first-order valence-electron chi connectivity index (χ1n) is 13.4. The zero-order valence-electron chi connectivity index (χ0n) is 23.0. The number of nitrogens with zero attached hydrogens (tertiary/aromatic N) is 3. The van der Waals surface area contributed by atoms with Crippen LogP contribution in [0, 0.1) is 0 Å². The summed E-state index contributed by atoms with van der Waals surface area (Å²) >= 11 is 0. The number of ether oxygens (including phenoxy) is 1. The zero-order valence-corrected chi connectivity index (χ0v) is 23.0. The van der Waals surface area contributed by atoms with Crippen molar-refractivity contribution < 1.29 is 24.2 Å². The molecule has 3 aromatic rings. The highest BCUT2D eigenvalue weighted by Crippen LogP contribution is 2.47. The van der Waals surface area contributed by atoms with Gasteiger partial charge in [0.05, 0.1) is 31.5 Å². The van der Waals surface area contributed by atoms with Crippen molar-refractivity contribution in [2.75, 3.05) is 34.8 Å². The van der Waals surface area contributed by atoms with Gasteiger partial charge in [-0.3, -0.25) is 9.59 Å². The number of hydrogen-bond acceptors (Lipinski definition) is 4. The Morgan fingerprint density at radius 2 is 1.77 bits per heavy atom. The molecule has 1 N–H and O–H groups in total. The number of methoxy groups -OCH3 is 1. The number of benzene rings is 2. The molecule has 0 saturated heterocycles. The second-order valence-corrected chi connectivity index (χ2v) is 10.8. The van der Waals surface area contributed by atoms with Crippen LogP contribution in [0.2, 0.25) is 0 Å². The molecule has 5 rings (SSSR count). The van der Waals surface area contributed by atoms with Crippen LogP contribution in [0.25, 0.3) is 28.2 Å². The summed E-state index contributed by atoms with van der Waals surface area (Å²) in [6.45, 7) is 0.224. The number of aromatic nitrogens is 1. The molecule has 2 heterocycles. The van der Waals surface area contributed by atoms with E-state index in [1.807, 2.05) is 30.3 Å². The van der Waals surface area contributed by atoms with Gasteiger partial charge in [-0.25, -0.2) is 4.79 Å². The van der Waals surface area contributed by atoms with Crippen molar-refractivity contribution in [3.8, 4) is 17.0 Å². The van der Waals surface area contributed by atoms with Crippen LogP contribution < -0.4 is 4.74 Å². The maximum atomic E-state index is 13.8. The third-order valence-electron chi connectivity index (χ3n) is 8.03. The highest BCUT2D eigenvalue weighted by Gasteiger charge is 2.31. The summed E-state index contributed by atoms with van der Waals surface area (Å²) in [5.41, 5.74) is 5.64. The molecule has 2 amide bonds. The fraction of sp³-hybridized carbons (Fsp3) is 0.387. The van der Waals surface area contributed by atoms with Gasteiger partial charge in [0.2, 0.25) is 5.91 Å². The van der Waals surface area contributed by atoms with Gasteiger partial charge in [-0.15, -0.1) is 0 Å². The molecule has 1 aliphatic carbocycles. The minimum Gasteiger partial charge on any atom is -0.497 e. The first kappa shape index (κ1) is 26.5. The van der Waals surface area contributed by atoms with Crippen molar-refractivity contribution in [1.29, 1.82) is 0 Å². The predicted octanol–water partition coefficient (Wildman–Crippen LogP) is 5.01. The van der Waals surface area contributed by atoms with Crippen molar-refractivity contribution in [2.45, 2.75) is 44.6 Å². The van der Waals surface area contributed by atoms with E-state index in [2.05, 4.69) is 4.57 Å². The van der Waals surface area contributed by atoms with Gasteiger partial charge in [-0.2, -0.15) is 0 Å². The number of carboxylic acids is 1. The molecule has 8 nitrogen and oxygen atoms in total. The van der Waals surface area contributed by atoms with E-state index in [1.165, 1.54) is 21.8 Å². The van der Waals surface area contributed by atoms with Gasteiger partial charge in [0.1, 0.15) is 5.75 Å². The molecule has 2 aliphatic rings. The second-order valence-electron chi connectivity index (χ2n) is 10.8. The number of likely N-dealkylation sites (N-methyl/N-ethyl adjacent to an activating group) is 2. The Bertz CT molecular complexity index is 1490. The van der Waals surface area contributed by atoms with Crippen LogP contribution >= 0.6 is 0 Å². The Kier molecular flexibility index (Phi) is 7.21. The molecule has 0 bridgehead atoms. The lowest BCUT2D eigenvalue weighted by molar-refractivity contribution is -0.136. The predicted molar refractivity (Wildman–Crippen MR) is 151 cm³/mol. The van der Waals surface area contributed by atoms with E-state index >= 15 is 0 Å². The summed E-state index contributed by atoms with van der Waals surface area (Å²) in [5, 5.41) is 10.8. The standard InChI is InChI=1S/C31H35N3O5/c1-32(2)27(35)18-33(3)30(36)22-14-21-15-23(39-4)11-13-24(21)29-28(19-8-6-5-7-9-19)25-12-10-20(31(37)38)16-26(25)34(29)17-22/h10-16,19H,5-9,17-18H2,1-4H3,(H,37,38). The van der Waals surface area contributed by atoms with Gasteiger partial charge in [-0.1, -0.05) is 25.3 Å². The summed E-state index contributed by atoms with van der Waals surface area (Å²) in [7, 11) is 6.58. The topological polar surface area (TPSA) is 92.1 Å². The molecule has 1 aliphatic heterocycles. The Morgan fingerprint density at radius 3 is 2.44 bits per heavy atom. The van der Waals surface area contributed by atoms with Crippen LogP contribution in [0.5, 0.6) is 5.75 Å². The quantitative estimate of drug-likeness (QED) is 0.485. The van der Waals surface area contributed by atoms with Crippen molar-refractivity contribution in [1.82, 2.24) is 14.4 Å². The molecule has 8 heteroatoms. The van der Waals surface area contributed by atoms with Crippen LogP contribution in [0.15, 0.2) is 42.0 Å². The van der Waals surface area contributed by atoms with Gasteiger partial charge < -0.3 is 24.2 Å². The molecule has 1 fully saturated rings. The molecular weight excluding hydrogens is 494 g/mol. The van der Waals surface area contributed by atoms with Crippen LogP contribution in [0.4, 0.5) is 0 Å². The van der Waals surface area contributed by atoms with E-state index < -0.39 is 5.97 Å². The fourth-order valence-electron chi connectivity index (χ4n) is 5.97. The van der Waals surface area contributed by atoms with E-state index in [4.69, 9.17) is 4.74 Å². The van der Waals surface area contributed by atoms with Crippen LogP contribution in [0.3, 0.4) is 0 Å². The molecule has 2 aromatic carbocycles. The summed E-state index contributed by atoms with van der Waals surface area (Å²) in [5.74, 6) is -0.368. The van der Waals surface area contributed by atoms with Crippen molar-refractivity contribution in [3.63, 3.8) is 0 Å². The van der Waals surface area contributed by atoms with E-state index in [0.717, 1.165) is 53.4 Å². The third-order valence-corrected chi connectivity index (χ3v) is 8.03. The highest BCUT2D eigenvalue weighted by atomic mass is 16.5. The lowest BCUT2D eigenvalue weighted by Crippen LogP contribution is -2.38. The molecule has 0 unspecified atom stereocenters. The summed E-state index contributed by atoms with van der Waals surface area (Å²) in [6.07, 6.45) is 7.58. The third kappa shape index (κ3) is 4.91. The van der Waals surface area contributed by atoms with Gasteiger partial charge in [-0.05, 0) is 66.3 Å². The number of hydrogen-bond donors (Lipinski definition) is 1. The Labute approximate surface area is 228 Å². The number of carbonyl (C=O) groups is 3. The van der Waals surface area contributed by atoms with Gasteiger partial charge in [0.25, 0.3) is 5.91 Å². The van der Waals surface area contributed by atoms with Crippen LogP contribution in [0.1, 0.15) is 59.5 Å². The van der Waals surface area contributed by atoms with Gasteiger partial charge in [0, 0.05) is 43.2 Å². The molecule has 0 radical (unpaired) electrons. The Hall–Kier alpha value is -4.07. The minimum absolute atomic E-state index is 0.0378. The van der Waals surface area contributed by atoms with Crippen molar-refractivity contribution in [2.24, 2.45) is 0 Å². The van der Waals surface area contributed by atoms with E-state index in [-0.39, 0.29) is 30.5 Å². The molecular formula is C31H35N3O5. The Balaban J connectivity index is 1.74. The summed E-state index contributed by atoms with van der Waals surface area (Å²) < 4.78 is 7.64. The smallest absolute Gasteiger partial charge is 0.335 e. The average Bonchev–Trinajstić information content (AvgIpc) is 3.15. The molecule has 1 saturated carbocycles. The number of fused-ring (bicyclic) bond motifs is 5. The van der Waals surface area contributed by atoms with Gasteiger partial charge in [0.15, 0.2) is 0 Å². The Morgan fingerprint density at radius 1 is 1.03 bits per heavy atom. The van der Waals surface area contributed by atoms with Gasteiger partial charge >= 0.3 is 5.97 Å². The molecule has 0 spiro atoms. The van der Waals surface area contributed by atoms with Crippen molar-refractivity contribution >= 4 is 34.8 Å². The molecule has 39 heavy (non-hydrogen) atoms. The lowest BCUT2D eigenvalue weighted by Gasteiger charge is -2.24. The highest BCUT2D eigenvalue weighted by molar-refractivity contribution is 6.04. The zero-order chi connectivity index (χ0) is 27.8. The number of amides is 2. The van der Waals surface area contributed by atoms with E-state index in [9.17, 15) is 19.5 Å². The molecule has 0 atom stereocenters. The summed E-state index contributed by atoms with van der Waals surface area (Å²) in [4.78, 5) is 41.0. The maximum absolute atomic E-state index is 13.8. The molecule has 204 valence electrons. The minimum atomic E-state index is -0.987. The normalized spacial score (nSPS) is 15.1. The van der Waals surface area contributed by atoms with Crippen LogP contribution in [-0.4, -0.2) is 72.1 Å². The summed E-state index contributed by atoms with van der Waals surface area (Å²) in [6, 6.07) is 11.2. The maximum Gasteiger partial charge on any atom is 0.335 e. The lowest BCUT2D eigenvalue weighted by atomic mass is 9.81. The van der Waals surface area contributed by atoms with E-state index in [0.29, 0.717) is 17.2 Å². The largest absolute Gasteiger partial charge is 0.497 e. The van der Waals surface area contributed by atoms with Crippen molar-refractivity contribution in [3.05, 3.63) is 58.7 Å². The second kappa shape index (κ2) is 10.6. The van der Waals surface area contributed by atoms with E-state index in [1.54, 1.807) is 40.4 Å². The first-order valence-corrected chi connectivity index (χ1v) is 13.4. The fourth-order valence-corrected chi connectivity index (χ4v) is 5.97.